The molecule has 3 N–H and O–H groups in total. The van der Waals surface area contributed by atoms with Crippen molar-refractivity contribution in [2.24, 2.45) is 5.73 Å². The summed E-state index contributed by atoms with van der Waals surface area (Å²) in [6.45, 7) is 2.10. The molecule has 0 fully saturated rings. The summed E-state index contributed by atoms with van der Waals surface area (Å²) in [6.07, 6.45) is 0. The number of hydrogen-bond donors (Lipinski definition) is 2. The number of phenols is 1. The maximum atomic E-state index is 9.35. The first-order valence-corrected chi connectivity index (χ1v) is 4.66. The first-order chi connectivity index (χ1) is 7.20. The number of hydrogen-bond acceptors (Lipinski definition) is 4. The van der Waals surface area contributed by atoms with E-state index in [0.29, 0.717) is 11.7 Å². The Morgan fingerprint density at radius 1 is 1.47 bits per heavy atom. The lowest BCUT2D eigenvalue weighted by atomic mass is 10.1. The van der Waals surface area contributed by atoms with Gasteiger partial charge in [-0.05, 0) is 19.1 Å². The van der Waals surface area contributed by atoms with Crippen LogP contribution in [0.4, 0.5) is 0 Å². The van der Waals surface area contributed by atoms with Crippen molar-refractivity contribution < 1.29 is 9.52 Å². The van der Waals surface area contributed by atoms with Gasteiger partial charge < -0.3 is 15.3 Å². The van der Waals surface area contributed by atoms with E-state index in [2.05, 4.69) is 4.98 Å². The third-order valence-electron chi connectivity index (χ3n) is 2.14. The zero-order chi connectivity index (χ0) is 10.8. The predicted molar refractivity (Wildman–Crippen MR) is 56.2 cm³/mol. The number of phenolic OH excluding ortho intramolecular Hbond substituents is 1. The van der Waals surface area contributed by atoms with Crippen LogP contribution in [0, 0.1) is 6.92 Å². The number of nitrogens with two attached hydrogens (primary N) is 1. The Hall–Kier alpha value is -1.81. The van der Waals surface area contributed by atoms with Gasteiger partial charge in [0.1, 0.15) is 17.2 Å². The van der Waals surface area contributed by atoms with E-state index >= 15 is 0 Å². The van der Waals surface area contributed by atoms with Crippen LogP contribution >= 0.6 is 0 Å². The molecule has 0 saturated carbocycles. The Balaban J connectivity index is 2.48. The van der Waals surface area contributed by atoms with Gasteiger partial charge in [0.05, 0.1) is 6.54 Å². The van der Waals surface area contributed by atoms with Crippen LogP contribution in [0.1, 0.15) is 11.7 Å². The van der Waals surface area contributed by atoms with E-state index in [1.807, 2.05) is 13.0 Å². The fourth-order valence-electron chi connectivity index (χ4n) is 1.46. The van der Waals surface area contributed by atoms with Gasteiger partial charge in [0.2, 0.25) is 5.89 Å². The Bertz CT molecular complexity index is 477. The molecule has 0 unspecified atom stereocenters. The minimum Gasteiger partial charge on any atom is -0.508 e. The monoisotopic (exact) mass is 204 g/mol. The Morgan fingerprint density at radius 2 is 2.27 bits per heavy atom. The van der Waals surface area contributed by atoms with Crippen molar-refractivity contribution in [2.45, 2.75) is 13.5 Å². The minimum absolute atomic E-state index is 0.212. The number of aryl methyl sites for hydroxylation is 1. The summed E-state index contributed by atoms with van der Waals surface area (Å²) in [5.41, 5.74) is 6.99. The van der Waals surface area contributed by atoms with Gasteiger partial charge in [0.15, 0.2) is 0 Å². The van der Waals surface area contributed by atoms with Gasteiger partial charge >= 0.3 is 0 Å². The molecule has 0 aliphatic heterocycles. The highest BCUT2D eigenvalue weighted by Crippen LogP contribution is 2.25. The molecule has 2 rings (SSSR count). The quantitative estimate of drug-likeness (QED) is 0.782. The SMILES string of the molecule is Cc1oc(CN)nc1-c1cccc(O)c1. The molecule has 0 atom stereocenters. The number of oxazole rings is 1. The lowest BCUT2D eigenvalue weighted by molar-refractivity contribution is 0.474. The maximum absolute atomic E-state index is 9.35. The Labute approximate surface area is 87.4 Å². The molecule has 1 aromatic carbocycles. The molecule has 0 aliphatic rings. The van der Waals surface area contributed by atoms with Crippen LogP contribution in [0.25, 0.3) is 11.3 Å². The molecule has 0 saturated heterocycles. The number of aromatic nitrogens is 1. The molecular weight excluding hydrogens is 192 g/mol. The fraction of sp³-hybridized carbons (Fsp3) is 0.182. The summed E-state index contributed by atoms with van der Waals surface area (Å²) in [5.74, 6) is 1.43. The lowest BCUT2D eigenvalue weighted by Gasteiger charge is -1.97. The van der Waals surface area contributed by atoms with Crippen LogP contribution in [-0.4, -0.2) is 10.1 Å². The number of nitrogens with zero attached hydrogens (tertiary/aromatic N) is 1. The summed E-state index contributed by atoms with van der Waals surface area (Å²) >= 11 is 0. The molecule has 0 amide bonds. The van der Waals surface area contributed by atoms with Crippen molar-refractivity contribution >= 4 is 0 Å². The highest BCUT2D eigenvalue weighted by atomic mass is 16.4. The summed E-state index contributed by atoms with van der Waals surface area (Å²) in [5, 5.41) is 9.35. The van der Waals surface area contributed by atoms with Crippen molar-refractivity contribution in [3.8, 4) is 17.0 Å². The zero-order valence-electron chi connectivity index (χ0n) is 8.40. The maximum Gasteiger partial charge on any atom is 0.208 e. The second-order valence-corrected chi connectivity index (χ2v) is 3.27. The highest BCUT2D eigenvalue weighted by molar-refractivity contribution is 5.62. The van der Waals surface area contributed by atoms with Crippen molar-refractivity contribution in [1.29, 1.82) is 0 Å². The van der Waals surface area contributed by atoms with Gasteiger partial charge in [-0.1, -0.05) is 12.1 Å². The normalized spacial score (nSPS) is 10.5. The number of benzene rings is 1. The van der Waals surface area contributed by atoms with E-state index in [4.69, 9.17) is 10.2 Å². The molecule has 1 aromatic heterocycles. The average molecular weight is 204 g/mol. The summed E-state index contributed by atoms with van der Waals surface area (Å²) in [6, 6.07) is 6.89. The predicted octanol–water partition coefficient (Wildman–Crippen LogP) is 1.81. The summed E-state index contributed by atoms with van der Waals surface area (Å²) < 4.78 is 5.34. The second-order valence-electron chi connectivity index (χ2n) is 3.27. The van der Waals surface area contributed by atoms with Gasteiger partial charge in [-0.3, -0.25) is 0 Å². The van der Waals surface area contributed by atoms with Gasteiger partial charge in [0, 0.05) is 5.56 Å². The third kappa shape index (κ3) is 1.85. The molecular formula is C11H12N2O2. The molecule has 0 radical (unpaired) electrons. The molecule has 4 nitrogen and oxygen atoms in total. The van der Waals surface area contributed by atoms with Crippen molar-refractivity contribution in [3.05, 3.63) is 35.9 Å². The molecule has 0 bridgehead atoms. The van der Waals surface area contributed by atoms with Gasteiger partial charge in [-0.15, -0.1) is 0 Å². The summed E-state index contributed by atoms with van der Waals surface area (Å²) in [7, 11) is 0. The summed E-state index contributed by atoms with van der Waals surface area (Å²) in [4.78, 5) is 4.24. The molecule has 1 heterocycles. The lowest BCUT2D eigenvalue weighted by Crippen LogP contribution is -1.95. The molecule has 2 aromatic rings. The van der Waals surface area contributed by atoms with Crippen LogP contribution in [0.15, 0.2) is 28.7 Å². The van der Waals surface area contributed by atoms with Crippen LogP contribution in [0.3, 0.4) is 0 Å². The van der Waals surface area contributed by atoms with Gasteiger partial charge in [-0.2, -0.15) is 0 Å². The third-order valence-corrected chi connectivity index (χ3v) is 2.14. The van der Waals surface area contributed by atoms with E-state index in [9.17, 15) is 5.11 Å². The van der Waals surface area contributed by atoms with Gasteiger partial charge in [-0.25, -0.2) is 4.98 Å². The van der Waals surface area contributed by atoms with E-state index in [1.165, 1.54) is 0 Å². The fourth-order valence-corrected chi connectivity index (χ4v) is 1.46. The van der Waals surface area contributed by atoms with Crippen molar-refractivity contribution in [3.63, 3.8) is 0 Å². The number of rotatable bonds is 2. The molecule has 4 heteroatoms. The van der Waals surface area contributed by atoms with Gasteiger partial charge in [0.25, 0.3) is 0 Å². The average Bonchev–Trinajstić information content (AvgIpc) is 2.60. The van der Waals surface area contributed by atoms with E-state index in [-0.39, 0.29) is 12.3 Å². The first-order valence-electron chi connectivity index (χ1n) is 4.66. The Kier molecular flexibility index (Phi) is 2.43. The number of aromatic hydroxyl groups is 1. The van der Waals surface area contributed by atoms with Crippen molar-refractivity contribution in [2.75, 3.05) is 0 Å². The zero-order valence-corrected chi connectivity index (χ0v) is 8.40. The van der Waals surface area contributed by atoms with Crippen LogP contribution in [0.5, 0.6) is 5.75 Å². The molecule has 0 spiro atoms. The molecule has 78 valence electrons. The Morgan fingerprint density at radius 3 is 2.87 bits per heavy atom. The van der Waals surface area contributed by atoms with Crippen LogP contribution < -0.4 is 5.73 Å². The molecule has 0 aliphatic carbocycles. The van der Waals surface area contributed by atoms with E-state index < -0.39 is 0 Å². The van der Waals surface area contributed by atoms with E-state index in [0.717, 1.165) is 11.3 Å². The van der Waals surface area contributed by atoms with Crippen molar-refractivity contribution in [1.82, 2.24) is 4.98 Å². The largest absolute Gasteiger partial charge is 0.508 e. The minimum atomic E-state index is 0.212. The highest BCUT2D eigenvalue weighted by Gasteiger charge is 2.10. The second kappa shape index (κ2) is 3.74. The molecule has 15 heavy (non-hydrogen) atoms. The smallest absolute Gasteiger partial charge is 0.208 e. The first kappa shape index (κ1) is 9.73. The standard InChI is InChI=1S/C11H12N2O2/c1-7-11(13-10(6-12)15-7)8-3-2-4-9(14)5-8/h2-5,14H,6,12H2,1H3. The van der Waals surface area contributed by atoms with Crippen LogP contribution in [-0.2, 0) is 6.54 Å². The van der Waals surface area contributed by atoms with Crippen LogP contribution in [0.2, 0.25) is 0 Å². The topological polar surface area (TPSA) is 72.3 Å². The van der Waals surface area contributed by atoms with E-state index in [1.54, 1.807) is 18.2 Å².